The highest BCUT2D eigenvalue weighted by molar-refractivity contribution is 5.96. The largest absolute Gasteiger partial charge is 0.481 e. The number of aliphatic carboxylic acids is 1. The first kappa shape index (κ1) is 27.3. The molecule has 0 spiro atoms. The lowest BCUT2D eigenvalue weighted by Gasteiger charge is -2.40. The number of anilines is 1. The van der Waals surface area contributed by atoms with Gasteiger partial charge in [0.05, 0.1) is 17.7 Å². The minimum absolute atomic E-state index is 0.0536. The molecule has 200 valence electrons. The van der Waals surface area contributed by atoms with Crippen molar-refractivity contribution in [2.24, 2.45) is 5.92 Å². The molecule has 9 heteroatoms. The molecular formula is C29H29F3N2O4. The van der Waals surface area contributed by atoms with Gasteiger partial charge in [-0.05, 0) is 66.1 Å². The van der Waals surface area contributed by atoms with E-state index in [1.54, 1.807) is 19.2 Å². The summed E-state index contributed by atoms with van der Waals surface area (Å²) in [5, 5.41) is 12.2. The van der Waals surface area contributed by atoms with Crippen molar-refractivity contribution in [3.63, 3.8) is 0 Å². The predicted octanol–water partition coefficient (Wildman–Crippen LogP) is 6.78. The summed E-state index contributed by atoms with van der Waals surface area (Å²) in [6.07, 6.45) is -0.574. The Morgan fingerprint density at radius 3 is 2.16 bits per heavy atom. The van der Waals surface area contributed by atoms with Crippen LogP contribution in [-0.4, -0.2) is 35.1 Å². The molecule has 1 heterocycles. The molecule has 0 amide bonds. The average Bonchev–Trinajstić information content (AvgIpc) is 2.87. The average molecular weight is 527 g/mol. The summed E-state index contributed by atoms with van der Waals surface area (Å²) < 4.78 is 44.1. The molecule has 2 aromatic carbocycles. The molecule has 2 N–H and O–H groups in total. The number of carboxylic acids is 1. The van der Waals surface area contributed by atoms with Gasteiger partial charge in [-0.3, -0.25) is 9.59 Å². The van der Waals surface area contributed by atoms with E-state index in [1.807, 2.05) is 24.3 Å². The van der Waals surface area contributed by atoms with Crippen LogP contribution in [0.2, 0.25) is 0 Å². The lowest BCUT2D eigenvalue weighted by Crippen LogP contribution is -2.37. The standard InChI is InChI=1S/C29H29F3N2O4/c1-38-24-15-22(16-24)28(34-26-14-11-21(17-33-26)25(35)3-2-4-27(36)37)20-7-5-18(6-8-20)19-9-12-23(13-10-19)29(30,31)32/h5-14,17,22,24,28H,2-4,15-16H2,1H3,(H,33,34)(H,36,37). The summed E-state index contributed by atoms with van der Waals surface area (Å²) in [5.74, 6) is -0.191. The molecule has 1 saturated carbocycles. The number of nitrogens with zero attached hydrogens (tertiary/aromatic N) is 1. The van der Waals surface area contributed by atoms with Gasteiger partial charge in [0.1, 0.15) is 5.82 Å². The third-order valence-electron chi connectivity index (χ3n) is 6.93. The Balaban J connectivity index is 1.47. The number of hydrogen-bond acceptors (Lipinski definition) is 5. The van der Waals surface area contributed by atoms with Gasteiger partial charge in [-0.15, -0.1) is 0 Å². The van der Waals surface area contributed by atoms with Crippen molar-refractivity contribution in [2.75, 3.05) is 12.4 Å². The van der Waals surface area contributed by atoms with E-state index in [4.69, 9.17) is 9.84 Å². The number of methoxy groups -OCH3 is 1. The van der Waals surface area contributed by atoms with Crippen LogP contribution in [0.1, 0.15) is 59.6 Å². The van der Waals surface area contributed by atoms with Crippen LogP contribution in [0.15, 0.2) is 66.9 Å². The second-order valence-corrected chi connectivity index (χ2v) is 9.51. The minimum Gasteiger partial charge on any atom is -0.481 e. The van der Waals surface area contributed by atoms with Gasteiger partial charge in [-0.2, -0.15) is 13.2 Å². The fourth-order valence-corrected chi connectivity index (χ4v) is 4.63. The zero-order valence-electron chi connectivity index (χ0n) is 20.9. The predicted molar refractivity (Wildman–Crippen MR) is 137 cm³/mol. The quantitative estimate of drug-likeness (QED) is 0.268. The molecule has 0 saturated heterocycles. The molecule has 6 nitrogen and oxygen atoms in total. The number of ketones is 1. The number of carbonyl (C=O) groups excluding carboxylic acids is 1. The number of carboxylic acid groups (broad SMARTS) is 1. The maximum absolute atomic E-state index is 12.9. The number of ether oxygens (including phenoxy) is 1. The van der Waals surface area contributed by atoms with Crippen molar-refractivity contribution in [1.82, 2.24) is 4.98 Å². The first-order valence-electron chi connectivity index (χ1n) is 12.4. The molecule has 0 bridgehead atoms. The van der Waals surface area contributed by atoms with Gasteiger partial charge in [0, 0.05) is 31.7 Å². The fraction of sp³-hybridized carbons (Fsp3) is 0.345. The van der Waals surface area contributed by atoms with E-state index >= 15 is 0 Å². The number of halogens is 3. The molecule has 1 aliphatic rings. The van der Waals surface area contributed by atoms with Gasteiger partial charge >= 0.3 is 12.1 Å². The number of pyridine rings is 1. The monoisotopic (exact) mass is 526 g/mol. The van der Waals surface area contributed by atoms with Crippen molar-refractivity contribution >= 4 is 17.6 Å². The number of rotatable bonds is 11. The molecular weight excluding hydrogens is 497 g/mol. The Morgan fingerprint density at radius 2 is 1.63 bits per heavy atom. The molecule has 1 fully saturated rings. The summed E-state index contributed by atoms with van der Waals surface area (Å²) in [6.45, 7) is 0. The van der Waals surface area contributed by atoms with Crippen LogP contribution >= 0.6 is 0 Å². The van der Waals surface area contributed by atoms with Crippen LogP contribution in [-0.2, 0) is 15.7 Å². The smallest absolute Gasteiger partial charge is 0.416 e. The molecule has 0 radical (unpaired) electrons. The van der Waals surface area contributed by atoms with Crippen molar-refractivity contribution in [3.8, 4) is 11.1 Å². The van der Waals surface area contributed by atoms with Gasteiger partial charge in [0.25, 0.3) is 0 Å². The Morgan fingerprint density at radius 1 is 1.00 bits per heavy atom. The zero-order chi connectivity index (χ0) is 27.3. The van der Waals surface area contributed by atoms with E-state index in [0.29, 0.717) is 16.9 Å². The maximum Gasteiger partial charge on any atom is 0.416 e. The summed E-state index contributed by atoms with van der Waals surface area (Å²) in [7, 11) is 1.69. The summed E-state index contributed by atoms with van der Waals surface area (Å²) in [6, 6.07) is 16.2. The third-order valence-corrected chi connectivity index (χ3v) is 6.93. The van der Waals surface area contributed by atoms with E-state index in [0.717, 1.165) is 36.1 Å². The number of Topliss-reactive ketones (excluding diaryl/α,β-unsaturated/α-hetero) is 1. The molecule has 1 aromatic heterocycles. The molecule has 3 aromatic rings. The van der Waals surface area contributed by atoms with Crippen LogP contribution < -0.4 is 5.32 Å². The fourth-order valence-electron chi connectivity index (χ4n) is 4.63. The van der Waals surface area contributed by atoms with E-state index in [1.165, 1.54) is 18.3 Å². The topological polar surface area (TPSA) is 88.5 Å². The Labute approximate surface area is 218 Å². The number of hydrogen-bond donors (Lipinski definition) is 2. The highest BCUT2D eigenvalue weighted by Crippen LogP contribution is 2.41. The summed E-state index contributed by atoms with van der Waals surface area (Å²) in [5.41, 5.74) is 2.27. The minimum atomic E-state index is -4.37. The maximum atomic E-state index is 12.9. The van der Waals surface area contributed by atoms with Gasteiger partial charge in [-0.1, -0.05) is 36.4 Å². The summed E-state index contributed by atoms with van der Waals surface area (Å²) >= 11 is 0. The lowest BCUT2D eigenvalue weighted by molar-refractivity contribution is -0.138. The molecule has 1 unspecified atom stereocenters. The van der Waals surface area contributed by atoms with Crippen molar-refractivity contribution in [1.29, 1.82) is 0 Å². The molecule has 1 aliphatic carbocycles. The number of carbonyl (C=O) groups is 2. The zero-order valence-corrected chi connectivity index (χ0v) is 20.9. The van der Waals surface area contributed by atoms with Crippen molar-refractivity contribution in [3.05, 3.63) is 83.6 Å². The lowest BCUT2D eigenvalue weighted by atomic mass is 9.74. The van der Waals surface area contributed by atoms with Gasteiger partial charge < -0.3 is 15.2 Å². The van der Waals surface area contributed by atoms with Crippen LogP contribution in [0.5, 0.6) is 0 Å². The summed E-state index contributed by atoms with van der Waals surface area (Å²) in [4.78, 5) is 27.4. The molecule has 0 aliphatic heterocycles. The number of aromatic nitrogens is 1. The van der Waals surface area contributed by atoms with Crippen LogP contribution in [0.3, 0.4) is 0 Å². The van der Waals surface area contributed by atoms with Crippen LogP contribution in [0, 0.1) is 5.92 Å². The van der Waals surface area contributed by atoms with Crippen molar-refractivity contribution < 1.29 is 32.6 Å². The number of alkyl halides is 3. The Kier molecular flexibility index (Phi) is 8.46. The Bertz CT molecular complexity index is 1240. The Hall–Kier alpha value is -3.72. The van der Waals surface area contributed by atoms with E-state index in [-0.39, 0.29) is 43.1 Å². The normalized spacial score (nSPS) is 17.9. The first-order chi connectivity index (χ1) is 18.1. The van der Waals surface area contributed by atoms with Crippen molar-refractivity contribution in [2.45, 2.75) is 50.4 Å². The first-order valence-corrected chi connectivity index (χ1v) is 12.4. The number of nitrogens with one attached hydrogen (secondary N) is 1. The van der Waals surface area contributed by atoms with Gasteiger partial charge in [-0.25, -0.2) is 4.98 Å². The van der Waals surface area contributed by atoms with Gasteiger partial charge in [0.2, 0.25) is 0 Å². The highest BCUT2D eigenvalue weighted by atomic mass is 19.4. The van der Waals surface area contributed by atoms with E-state index in [2.05, 4.69) is 10.3 Å². The van der Waals surface area contributed by atoms with Crippen LogP contribution in [0.25, 0.3) is 11.1 Å². The second kappa shape index (κ2) is 11.8. The SMILES string of the molecule is COC1CC(C(Nc2ccc(C(=O)CCCC(=O)O)cn2)c2ccc(-c3ccc(C(F)(F)F)cc3)cc2)C1. The highest BCUT2D eigenvalue weighted by Gasteiger charge is 2.36. The van der Waals surface area contributed by atoms with E-state index in [9.17, 15) is 22.8 Å². The van der Waals surface area contributed by atoms with Gasteiger partial charge in [0.15, 0.2) is 5.78 Å². The van der Waals surface area contributed by atoms with Crippen LogP contribution in [0.4, 0.5) is 19.0 Å². The second-order valence-electron chi connectivity index (χ2n) is 9.51. The van der Waals surface area contributed by atoms with E-state index < -0.39 is 17.7 Å². The molecule has 4 rings (SSSR count). The molecule has 1 atom stereocenters. The number of benzene rings is 2. The third kappa shape index (κ3) is 6.77. The molecule has 38 heavy (non-hydrogen) atoms.